The number of hydrogen-bond acceptors (Lipinski definition) is 5. The van der Waals surface area contributed by atoms with Crippen LogP contribution in [-0.4, -0.2) is 51.2 Å². The smallest absolute Gasteiger partial charge is 0.314 e. The summed E-state index contributed by atoms with van der Waals surface area (Å²) in [6, 6.07) is 15.7. The van der Waals surface area contributed by atoms with Gasteiger partial charge < -0.3 is 10.2 Å². The summed E-state index contributed by atoms with van der Waals surface area (Å²) in [4.78, 5) is 23.4. The maximum Gasteiger partial charge on any atom is 0.324 e. The maximum atomic E-state index is 12.5. The third kappa shape index (κ3) is 4.47. The Hall–Kier alpha value is -4.04. The number of aromatic nitrogens is 4. The monoisotopic (exact) mass is 439 g/mol. The number of urea groups is 1. The Balaban J connectivity index is 1.29. The van der Waals surface area contributed by atoms with Crippen molar-refractivity contribution in [3.63, 3.8) is 0 Å². The van der Waals surface area contributed by atoms with Gasteiger partial charge in [-0.25, -0.2) is 9.78 Å². The van der Waals surface area contributed by atoms with Crippen LogP contribution >= 0.6 is 0 Å². The minimum atomic E-state index is -0.333. The molecule has 1 aliphatic heterocycles. The molecule has 0 saturated carbocycles. The van der Waals surface area contributed by atoms with Gasteiger partial charge in [0, 0.05) is 60.3 Å². The number of aromatic amines is 1. The first-order chi connectivity index (χ1) is 16.1. The van der Waals surface area contributed by atoms with Gasteiger partial charge in [-0.05, 0) is 37.2 Å². The molecule has 1 saturated heterocycles. The van der Waals surface area contributed by atoms with E-state index >= 15 is 0 Å². The summed E-state index contributed by atoms with van der Waals surface area (Å²) in [6.07, 6.45) is 5.29. The van der Waals surface area contributed by atoms with Crippen molar-refractivity contribution in [2.45, 2.75) is 12.8 Å². The van der Waals surface area contributed by atoms with Crippen molar-refractivity contribution in [1.82, 2.24) is 30.4 Å². The molecule has 0 aliphatic carbocycles. The van der Waals surface area contributed by atoms with Crippen LogP contribution in [0.4, 0.5) is 10.6 Å². The van der Waals surface area contributed by atoms with E-state index in [4.69, 9.17) is 0 Å². The van der Waals surface area contributed by atoms with E-state index in [1.807, 2.05) is 43.5 Å². The van der Waals surface area contributed by atoms with Gasteiger partial charge in [0.05, 0.1) is 5.52 Å². The van der Waals surface area contributed by atoms with Gasteiger partial charge in [-0.1, -0.05) is 30.3 Å². The van der Waals surface area contributed by atoms with Crippen LogP contribution in [0.5, 0.6) is 0 Å². The molecule has 1 unspecified atom stereocenters. The normalized spacial score (nSPS) is 17.5. The summed E-state index contributed by atoms with van der Waals surface area (Å²) in [6.45, 7) is 3.68. The fourth-order valence-corrected chi connectivity index (χ4v) is 4.27. The van der Waals surface area contributed by atoms with Gasteiger partial charge in [0.15, 0.2) is 0 Å². The Labute approximate surface area is 191 Å². The van der Waals surface area contributed by atoms with E-state index in [9.17, 15) is 4.79 Å². The highest BCUT2D eigenvalue weighted by atomic mass is 16.2. The SMILES string of the molecule is Cc1cc(-c2n[nH]c3cc(NC(=O)N/C=C4\CN(C)CC4c4ccccc4)ncc23)ccn1. The molecule has 1 aliphatic rings. The Bertz CT molecular complexity index is 1330. The molecule has 1 atom stereocenters. The van der Waals surface area contributed by atoms with Crippen molar-refractivity contribution in [2.75, 3.05) is 25.5 Å². The number of carbonyl (C=O) groups is 1. The number of pyridine rings is 2. The lowest BCUT2D eigenvalue weighted by Crippen LogP contribution is -2.25. The van der Waals surface area contributed by atoms with Crippen molar-refractivity contribution in [1.29, 1.82) is 0 Å². The molecule has 0 radical (unpaired) electrons. The van der Waals surface area contributed by atoms with Gasteiger partial charge in [-0.3, -0.25) is 15.4 Å². The lowest BCUT2D eigenvalue weighted by atomic mass is 9.94. The molecule has 8 nitrogen and oxygen atoms in total. The highest BCUT2D eigenvalue weighted by molar-refractivity contribution is 5.95. The second-order valence-electron chi connectivity index (χ2n) is 8.35. The Morgan fingerprint density at radius 1 is 1.18 bits per heavy atom. The number of rotatable bonds is 4. The Morgan fingerprint density at radius 3 is 2.85 bits per heavy atom. The standard InChI is InChI=1S/C25H25N7O/c1-16-10-18(8-9-26-16)24-20-13-27-23(11-22(20)30-31-24)29-25(33)28-12-19-14-32(2)15-21(19)17-6-4-3-5-7-17/h3-13,21H,14-15H2,1-2H3,(H,30,31)(H2,27,28,29,33)/b19-12+. The number of amides is 2. The van der Waals surface area contributed by atoms with Crippen molar-refractivity contribution >= 4 is 22.8 Å². The van der Waals surface area contributed by atoms with Crippen LogP contribution in [0.2, 0.25) is 0 Å². The molecule has 4 aromatic rings. The number of nitrogens with zero attached hydrogens (tertiary/aromatic N) is 4. The summed E-state index contributed by atoms with van der Waals surface area (Å²) >= 11 is 0. The molecule has 1 fully saturated rings. The Kier molecular flexibility index (Phi) is 5.58. The average Bonchev–Trinajstić information content (AvgIpc) is 3.41. The van der Waals surface area contributed by atoms with Crippen LogP contribution in [0.1, 0.15) is 17.2 Å². The van der Waals surface area contributed by atoms with Gasteiger partial charge in [-0.15, -0.1) is 0 Å². The van der Waals surface area contributed by atoms with Crippen LogP contribution in [0.15, 0.2) is 72.7 Å². The van der Waals surface area contributed by atoms with Gasteiger partial charge in [0.2, 0.25) is 0 Å². The number of carbonyl (C=O) groups excluding carboxylic acids is 1. The highest BCUT2D eigenvalue weighted by Crippen LogP contribution is 2.31. The minimum Gasteiger partial charge on any atom is -0.314 e. The molecular formula is C25H25N7O. The fraction of sp³-hybridized carbons (Fsp3) is 0.200. The number of aryl methyl sites for hydroxylation is 1. The molecule has 8 heteroatoms. The average molecular weight is 440 g/mol. The minimum absolute atomic E-state index is 0.270. The Morgan fingerprint density at radius 2 is 2.03 bits per heavy atom. The van der Waals surface area contributed by atoms with Crippen molar-refractivity contribution in [3.8, 4) is 11.3 Å². The molecular weight excluding hydrogens is 414 g/mol. The largest absolute Gasteiger partial charge is 0.324 e. The number of benzene rings is 1. The third-order valence-electron chi connectivity index (χ3n) is 5.84. The van der Waals surface area contributed by atoms with E-state index in [0.29, 0.717) is 5.82 Å². The van der Waals surface area contributed by atoms with Crippen molar-refractivity contribution in [3.05, 3.63) is 84.0 Å². The first kappa shape index (κ1) is 20.8. The third-order valence-corrected chi connectivity index (χ3v) is 5.84. The number of fused-ring (bicyclic) bond motifs is 1. The molecule has 2 amide bonds. The van der Waals surface area contributed by atoms with E-state index in [0.717, 1.165) is 40.9 Å². The molecule has 166 valence electrons. The summed E-state index contributed by atoms with van der Waals surface area (Å²) in [5.74, 6) is 0.717. The lowest BCUT2D eigenvalue weighted by Gasteiger charge is -2.12. The fourth-order valence-electron chi connectivity index (χ4n) is 4.27. The van der Waals surface area contributed by atoms with Gasteiger partial charge >= 0.3 is 6.03 Å². The molecule has 0 spiro atoms. The second-order valence-corrected chi connectivity index (χ2v) is 8.35. The van der Waals surface area contributed by atoms with Crippen molar-refractivity contribution in [2.24, 2.45) is 0 Å². The number of nitrogens with one attached hydrogen (secondary N) is 3. The zero-order valence-electron chi connectivity index (χ0n) is 18.5. The van der Waals surface area contributed by atoms with E-state index < -0.39 is 0 Å². The lowest BCUT2D eigenvalue weighted by molar-refractivity contribution is 0.255. The number of H-pyrrole nitrogens is 1. The van der Waals surface area contributed by atoms with Crippen LogP contribution < -0.4 is 10.6 Å². The van der Waals surface area contributed by atoms with Crippen LogP contribution in [0.25, 0.3) is 22.2 Å². The van der Waals surface area contributed by atoms with Crippen molar-refractivity contribution < 1.29 is 4.79 Å². The zero-order chi connectivity index (χ0) is 22.8. The number of likely N-dealkylation sites (tertiary alicyclic amines) is 1. The second kappa shape index (κ2) is 8.84. The quantitative estimate of drug-likeness (QED) is 0.445. The highest BCUT2D eigenvalue weighted by Gasteiger charge is 2.26. The van der Waals surface area contributed by atoms with Crippen LogP contribution in [-0.2, 0) is 0 Å². The first-order valence-electron chi connectivity index (χ1n) is 10.8. The number of anilines is 1. The topological polar surface area (TPSA) is 98.8 Å². The molecule has 4 heterocycles. The van der Waals surface area contributed by atoms with Crippen LogP contribution in [0, 0.1) is 6.92 Å². The molecule has 1 aromatic carbocycles. The van der Waals surface area contributed by atoms with E-state index in [1.165, 1.54) is 11.1 Å². The van der Waals surface area contributed by atoms with E-state index in [1.54, 1.807) is 18.5 Å². The number of hydrogen-bond donors (Lipinski definition) is 3. The van der Waals surface area contributed by atoms with Gasteiger partial charge in [-0.2, -0.15) is 5.10 Å². The summed E-state index contributed by atoms with van der Waals surface area (Å²) in [5, 5.41) is 14.0. The zero-order valence-corrected chi connectivity index (χ0v) is 18.5. The maximum absolute atomic E-state index is 12.5. The number of likely N-dealkylation sites (N-methyl/N-ethyl adjacent to an activating group) is 1. The summed E-state index contributed by atoms with van der Waals surface area (Å²) < 4.78 is 0. The summed E-state index contributed by atoms with van der Waals surface area (Å²) in [5.41, 5.74) is 5.92. The van der Waals surface area contributed by atoms with Crippen LogP contribution in [0.3, 0.4) is 0 Å². The molecule has 33 heavy (non-hydrogen) atoms. The molecule has 0 bridgehead atoms. The molecule has 3 N–H and O–H groups in total. The van der Waals surface area contributed by atoms with E-state index in [2.05, 4.69) is 54.9 Å². The predicted octanol–water partition coefficient (Wildman–Crippen LogP) is 4.06. The first-order valence-corrected chi connectivity index (χ1v) is 10.8. The van der Waals surface area contributed by atoms with Gasteiger partial charge in [0.25, 0.3) is 0 Å². The molecule has 3 aromatic heterocycles. The summed E-state index contributed by atoms with van der Waals surface area (Å²) in [7, 11) is 2.09. The predicted molar refractivity (Wildman–Crippen MR) is 129 cm³/mol. The van der Waals surface area contributed by atoms with Gasteiger partial charge in [0.1, 0.15) is 11.5 Å². The molecule has 5 rings (SSSR count). The van der Waals surface area contributed by atoms with E-state index in [-0.39, 0.29) is 11.9 Å².